The summed E-state index contributed by atoms with van der Waals surface area (Å²) in [6.07, 6.45) is -0.563. The second-order valence-corrected chi connectivity index (χ2v) is 5.70. The first-order chi connectivity index (χ1) is 9.65. The molecule has 0 radical (unpaired) electrons. The molecule has 2 N–H and O–H groups in total. The van der Waals surface area contributed by atoms with Crippen LogP contribution in [-0.2, 0) is 4.74 Å². The van der Waals surface area contributed by atoms with Crippen molar-refractivity contribution >= 4 is 21.8 Å². The van der Waals surface area contributed by atoms with Gasteiger partial charge in [0, 0.05) is 36.2 Å². The Morgan fingerprint density at radius 2 is 2.00 bits per heavy atom. The molecule has 1 fully saturated rings. The van der Waals surface area contributed by atoms with E-state index in [0.29, 0.717) is 25.3 Å². The Bertz CT molecular complexity index is 433. The van der Waals surface area contributed by atoms with Crippen LogP contribution in [0.25, 0.3) is 0 Å². The summed E-state index contributed by atoms with van der Waals surface area (Å²) in [5.74, 6) is -0.168. The highest BCUT2D eigenvalue weighted by Crippen LogP contribution is 2.10. The highest BCUT2D eigenvalue weighted by atomic mass is 79.9. The van der Waals surface area contributed by atoms with E-state index in [9.17, 15) is 9.90 Å². The van der Waals surface area contributed by atoms with Crippen molar-refractivity contribution in [3.63, 3.8) is 0 Å². The molecule has 1 aromatic rings. The number of nitrogens with one attached hydrogen (secondary N) is 1. The molecule has 110 valence electrons. The zero-order chi connectivity index (χ0) is 14.4. The van der Waals surface area contributed by atoms with Crippen LogP contribution in [0.1, 0.15) is 10.4 Å². The van der Waals surface area contributed by atoms with E-state index in [1.807, 2.05) is 12.1 Å². The topological polar surface area (TPSA) is 61.8 Å². The number of aliphatic hydroxyl groups excluding tert-OH is 1. The molecule has 1 aliphatic heterocycles. The van der Waals surface area contributed by atoms with Crippen LogP contribution in [0.4, 0.5) is 0 Å². The summed E-state index contributed by atoms with van der Waals surface area (Å²) in [7, 11) is 0. The van der Waals surface area contributed by atoms with Crippen LogP contribution in [-0.4, -0.2) is 61.4 Å². The van der Waals surface area contributed by atoms with Gasteiger partial charge in [0.15, 0.2) is 0 Å². The lowest BCUT2D eigenvalue weighted by molar-refractivity contribution is 0.0149. The normalized spacial score (nSPS) is 17.7. The predicted molar refractivity (Wildman–Crippen MR) is 79.7 cm³/mol. The number of hydrogen-bond donors (Lipinski definition) is 2. The third-order valence-electron chi connectivity index (χ3n) is 3.18. The molecule has 1 amide bonds. The second-order valence-electron chi connectivity index (χ2n) is 4.78. The molecule has 6 heteroatoms. The fraction of sp³-hybridized carbons (Fsp3) is 0.500. The summed E-state index contributed by atoms with van der Waals surface area (Å²) < 4.78 is 6.18. The van der Waals surface area contributed by atoms with E-state index in [-0.39, 0.29) is 12.5 Å². The average Bonchev–Trinajstić information content (AvgIpc) is 2.46. The van der Waals surface area contributed by atoms with E-state index >= 15 is 0 Å². The molecule has 20 heavy (non-hydrogen) atoms. The number of carbonyl (C=O) groups excluding carboxylic acids is 1. The van der Waals surface area contributed by atoms with Gasteiger partial charge >= 0.3 is 0 Å². The fourth-order valence-electron chi connectivity index (χ4n) is 2.06. The van der Waals surface area contributed by atoms with Gasteiger partial charge in [0.25, 0.3) is 5.91 Å². The first-order valence-corrected chi connectivity index (χ1v) is 7.46. The Morgan fingerprint density at radius 1 is 1.35 bits per heavy atom. The molecule has 0 aliphatic carbocycles. The number of ether oxygens (including phenoxy) is 1. The van der Waals surface area contributed by atoms with Crippen molar-refractivity contribution in [1.82, 2.24) is 10.2 Å². The SMILES string of the molecule is O=C(NCC(O)CN1CCOCC1)c1ccc(Br)cc1. The molecule has 5 nitrogen and oxygen atoms in total. The Kier molecular flexibility index (Phi) is 5.97. The number of β-amino-alcohol motifs (C(OH)–C–C–N with tert-alkyl or cyclic N) is 1. The van der Waals surface area contributed by atoms with Gasteiger partial charge < -0.3 is 15.2 Å². The Balaban J connectivity index is 1.73. The molecule has 0 spiro atoms. The molecule has 1 aliphatic rings. The van der Waals surface area contributed by atoms with E-state index in [1.165, 1.54) is 0 Å². The van der Waals surface area contributed by atoms with Crippen LogP contribution < -0.4 is 5.32 Å². The maximum absolute atomic E-state index is 11.9. The van der Waals surface area contributed by atoms with E-state index in [0.717, 1.165) is 17.6 Å². The van der Waals surface area contributed by atoms with Gasteiger partial charge in [-0.25, -0.2) is 0 Å². The average molecular weight is 343 g/mol. The number of nitrogens with zero attached hydrogens (tertiary/aromatic N) is 1. The van der Waals surface area contributed by atoms with Crippen molar-refractivity contribution < 1.29 is 14.6 Å². The second kappa shape index (κ2) is 7.73. The summed E-state index contributed by atoms with van der Waals surface area (Å²) in [5, 5.41) is 12.7. The number of rotatable bonds is 5. The Morgan fingerprint density at radius 3 is 2.65 bits per heavy atom. The monoisotopic (exact) mass is 342 g/mol. The lowest BCUT2D eigenvalue weighted by atomic mass is 10.2. The largest absolute Gasteiger partial charge is 0.390 e. The van der Waals surface area contributed by atoms with Crippen molar-refractivity contribution in [2.45, 2.75) is 6.10 Å². The Labute approximate surface area is 127 Å². The molecular formula is C14H19BrN2O3. The third kappa shape index (κ3) is 4.86. The molecule has 0 aromatic heterocycles. The number of morpholine rings is 1. The number of carbonyl (C=O) groups is 1. The molecule has 1 atom stereocenters. The van der Waals surface area contributed by atoms with Crippen LogP contribution in [0, 0.1) is 0 Å². The minimum absolute atomic E-state index is 0.168. The van der Waals surface area contributed by atoms with E-state index < -0.39 is 6.10 Å². The minimum atomic E-state index is -0.563. The lowest BCUT2D eigenvalue weighted by Crippen LogP contribution is -2.44. The highest BCUT2D eigenvalue weighted by Gasteiger charge is 2.15. The zero-order valence-corrected chi connectivity index (χ0v) is 12.8. The summed E-state index contributed by atoms with van der Waals surface area (Å²) >= 11 is 3.32. The van der Waals surface area contributed by atoms with Crippen LogP contribution >= 0.6 is 15.9 Å². The molecule has 1 saturated heterocycles. The number of hydrogen-bond acceptors (Lipinski definition) is 4. The van der Waals surface area contributed by atoms with Crippen LogP contribution in [0.2, 0.25) is 0 Å². The smallest absolute Gasteiger partial charge is 0.251 e. The van der Waals surface area contributed by atoms with E-state index in [4.69, 9.17) is 4.74 Å². The maximum atomic E-state index is 11.9. The summed E-state index contributed by atoms with van der Waals surface area (Å²) in [6, 6.07) is 7.12. The van der Waals surface area contributed by atoms with Crippen molar-refractivity contribution in [1.29, 1.82) is 0 Å². The van der Waals surface area contributed by atoms with Gasteiger partial charge in [0.1, 0.15) is 0 Å². The lowest BCUT2D eigenvalue weighted by Gasteiger charge is -2.28. The Hall–Kier alpha value is -0.950. The predicted octanol–water partition coefficient (Wildman–Crippen LogP) is 0.872. The fourth-order valence-corrected chi connectivity index (χ4v) is 2.32. The molecular weight excluding hydrogens is 324 g/mol. The van der Waals surface area contributed by atoms with Gasteiger partial charge in [-0.05, 0) is 24.3 Å². The molecule has 0 bridgehead atoms. The molecule has 1 aromatic carbocycles. The third-order valence-corrected chi connectivity index (χ3v) is 3.71. The van der Waals surface area contributed by atoms with Gasteiger partial charge in [0.2, 0.25) is 0 Å². The van der Waals surface area contributed by atoms with Gasteiger partial charge in [-0.15, -0.1) is 0 Å². The molecule has 1 heterocycles. The number of benzene rings is 1. The first kappa shape index (κ1) is 15.4. The summed E-state index contributed by atoms with van der Waals surface area (Å²) in [4.78, 5) is 14.0. The van der Waals surface area contributed by atoms with E-state index in [1.54, 1.807) is 12.1 Å². The van der Waals surface area contributed by atoms with Crippen molar-refractivity contribution in [3.8, 4) is 0 Å². The van der Waals surface area contributed by atoms with Gasteiger partial charge in [-0.3, -0.25) is 9.69 Å². The zero-order valence-electron chi connectivity index (χ0n) is 11.2. The molecule has 0 saturated carbocycles. The van der Waals surface area contributed by atoms with Crippen LogP contribution in [0.3, 0.4) is 0 Å². The first-order valence-electron chi connectivity index (χ1n) is 6.67. The van der Waals surface area contributed by atoms with Gasteiger partial charge in [-0.2, -0.15) is 0 Å². The van der Waals surface area contributed by atoms with Crippen molar-refractivity contribution in [2.24, 2.45) is 0 Å². The van der Waals surface area contributed by atoms with Gasteiger partial charge in [-0.1, -0.05) is 15.9 Å². The van der Waals surface area contributed by atoms with Crippen LogP contribution in [0.5, 0.6) is 0 Å². The number of amides is 1. The minimum Gasteiger partial charge on any atom is -0.390 e. The highest BCUT2D eigenvalue weighted by molar-refractivity contribution is 9.10. The van der Waals surface area contributed by atoms with Crippen molar-refractivity contribution in [3.05, 3.63) is 34.3 Å². The molecule has 2 rings (SSSR count). The summed E-state index contributed by atoms with van der Waals surface area (Å²) in [5.41, 5.74) is 0.590. The van der Waals surface area contributed by atoms with E-state index in [2.05, 4.69) is 26.1 Å². The standard InChI is InChI=1S/C14H19BrN2O3/c15-12-3-1-11(2-4-12)14(19)16-9-13(18)10-17-5-7-20-8-6-17/h1-4,13,18H,5-10H2,(H,16,19). The van der Waals surface area contributed by atoms with Crippen LogP contribution in [0.15, 0.2) is 28.7 Å². The van der Waals surface area contributed by atoms with Gasteiger partial charge in [0.05, 0.1) is 19.3 Å². The summed E-state index contributed by atoms with van der Waals surface area (Å²) in [6.45, 7) is 3.89. The molecule has 1 unspecified atom stereocenters. The quantitative estimate of drug-likeness (QED) is 0.833. The van der Waals surface area contributed by atoms with Crippen molar-refractivity contribution in [2.75, 3.05) is 39.4 Å². The number of halogens is 1. The maximum Gasteiger partial charge on any atom is 0.251 e. The number of aliphatic hydroxyl groups is 1.